The highest BCUT2D eigenvalue weighted by molar-refractivity contribution is 7.80. The lowest BCUT2D eigenvalue weighted by atomic mass is 10.1. The molecular formula is C17H15N3OS. The maximum Gasteiger partial charge on any atom is 0.140 e. The average Bonchev–Trinajstić information content (AvgIpc) is 2.96. The van der Waals surface area contributed by atoms with Gasteiger partial charge >= 0.3 is 0 Å². The SMILES string of the molecule is NC(=S)c1ccccc1Cn1ccnc1-c1ccc(O)cc1. The molecule has 0 saturated carbocycles. The van der Waals surface area contributed by atoms with Gasteiger partial charge in [-0.15, -0.1) is 0 Å². The Morgan fingerprint density at radius 1 is 1.14 bits per heavy atom. The smallest absolute Gasteiger partial charge is 0.140 e. The molecule has 2 aromatic carbocycles. The first-order valence-corrected chi connectivity index (χ1v) is 7.24. The van der Waals surface area contributed by atoms with Gasteiger partial charge in [0.25, 0.3) is 0 Å². The van der Waals surface area contributed by atoms with Crippen molar-refractivity contribution in [1.82, 2.24) is 9.55 Å². The number of nitrogens with zero attached hydrogens (tertiary/aromatic N) is 2. The van der Waals surface area contributed by atoms with E-state index in [0.29, 0.717) is 11.5 Å². The summed E-state index contributed by atoms with van der Waals surface area (Å²) >= 11 is 5.11. The van der Waals surface area contributed by atoms with E-state index in [-0.39, 0.29) is 5.75 Å². The van der Waals surface area contributed by atoms with E-state index in [1.807, 2.05) is 47.2 Å². The average molecular weight is 309 g/mol. The summed E-state index contributed by atoms with van der Waals surface area (Å²) in [5.74, 6) is 1.07. The number of thiocarbonyl (C=S) groups is 1. The van der Waals surface area contributed by atoms with Gasteiger partial charge in [-0.3, -0.25) is 0 Å². The highest BCUT2D eigenvalue weighted by Crippen LogP contribution is 2.22. The van der Waals surface area contributed by atoms with E-state index in [9.17, 15) is 5.11 Å². The molecule has 22 heavy (non-hydrogen) atoms. The Morgan fingerprint density at radius 3 is 2.59 bits per heavy atom. The Bertz CT molecular complexity index is 809. The van der Waals surface area contributed by atoms with Crippen LogP contribution in [0, 0.1) is 0 Å². The third-order valence-corrected chi connectivity index (χ3v) is 3.68. The topological polar surface area (TPSA) is 64.1 Å². The monoisotopic (exact) mass is 309 g/mol. The lowest BCUT2D eigenvalue weighted by Gasteiger charge is -2.11. The Morgan fingerprint density at radius 2 is 1.86 bits per heavy atom. The fourth-order valence-electron chi connectivity index (χ4n) is 2.39. The molecule has 5 heteroatoms. The molecule has 4 nitrogen and oxygen atoms in total. The lowest BCUT2D eigenvalue weighted by molar-refractivity contribution is 0.475. The molecule has 0 radical (unpaired) electrons. The van der Waals surface area contributed by atoms with Gasteiger partial charge in [0.1, 0.15) is 16.6 Å². The Kier molecular flexibility index (Phi) is 3.89. The zero-order chi connectivity index (χ0) is 15.5. The fraction of sp³-hybridized carbons (Fsp3) is 0.0588. The summed E-state index contributed by atoms with van der Waals surface area (Å²) in [6, 6.07) is 14.8. The van der Waals surface area contributed by atoms with Crippen LogP contribution in [0.2, 0.25) is 0 Å². The van der Waals surface area contributed by atoms with Crippen LogP contribution in [0.3, 0.4) is 0 Å². The predicted molar refractivity (Wildman–Crippen MR) is 90.8 cm³/mol. The van der Waals surface area contributed by atoms with Gasteiger partial charge in [-0.2, -0.15) is 0 Å². The van der Waals surface area contributed by atoms with E-state index in [1.165, 1.54) is 0 Å². The van der Waals surface area contributed by atoms with Crippen LogP contribution in [0.25, 0.3) is 11.4 Å². The summed E-state index contributed by atoms with van der Waals surface area (Å²) in [7, 11) is 0. The van der Waals surface area contributed by atoms with Gasteiger partial charge in [0.2, 0.25) is 0 Å². The second kappa shape index (κ2) is 5.99. The maximum absolute atomic E-state index is 9.40. The van der Waals surface area contributed by atoms with Crippen molar-refractivity contribution in [2.24, 2.45) is 5.73 Å². The van der Waals surface area contributed by atoms with Crippen LogP contribution < -0.4 is 5.73 Å². The number of aromatic nitrogens is 2. The van der Waals surface area contributed by atoms with Gasteiger partial charge in [0.05, 0.1) is 0 Å². The molecule has 0 atom stereocenters. The molecule has 0 bridgehead atoms. The van der Waals surface area contributed by atoms with E-state index in [1.54, 1.807) is 18.3 Å². The minimum atomic E-state index is 0.237. The van der Waals surface area contributed by atoms with Crippen LogP contribution in [0.1, 0.15) is 11.1 Å². The predicted octanol–water partition coefficient (Wildman–Crippen LogP) is 2.94. The van der Waals surface area contributed by atoms with E-state index in [0.717, 1.165) is 22.5 Å². The highest BCUT2D eigenvalue weighted by Gasteiger charge is 2.09. The Balaban J connectivity index is 1.97. The molecule has 3 aromatic rings. The van der Waals surface area contributed by atoms with Gasteiger partial charge in [-0.25, -0.2) is 4.98 Å². The van der Waals surface area contributed by atoms with Crippen molar-refractivity contribution in [2.45, 2.75) is 6.54 Å². The molecule has 0 aliphatic heterocycles. The van der Waals surface area contributed by atoms with E-state index in [4.69, 9.17) is 18.0 Å². The first kappa shape index (κ1) is 14.3. The van der Waals surface area contributed by atoms with Gasteiger partial charge in [0, 0.05) is 30.1 Å². The molecule has 110 valence electrons. The van der Waals surface area contributed by atoms with Crippen LogP contribution in [0.5, 0.6) is 5.75 Å². The van der Waals surface area contributed by atoms with Crippen molar-refractivity contribution in [3.8, 4) is 17.1 Å². The maximum atomic E-state index is 9.40. The first-order chi connectivity index (χ1) is 10.6. The van der Waals surface area contributed by atoms with Crippen LogP contribution in [-0.2, 0) is 6.54 Å². The van der Waals surface area contributed by atoms with Gasteiger partial charge in [0.15, 0.2) is 0 Å². The van der Waals surface area contributed by atoms with E-state index in [2.05, 4.69) is 4.98 Å². The second-order valence-electron chi connectivity index (χ2n) is 4.95. The molecule has 0 amide bonds. The molecule has 0 fully saturated rings. The molecule has 1 aromatic heterocycles. The van der Waals surface area contributed by atoms with Crippen molar-refractivity contribution in [3.63, 3.8) is 0 Å². The van der Waals surface area contributed by atoms with Crippen LogP contribution in [0.4, 0.5) is 0 Å². The number of phenolic OH excluding ortho intramolecular Hbond substituents is 1. The standard InChI is InChI=1S/C17H15N3OS/c18-16(22)15-4-2-1-3-13(15)11-20-10-9-19-17(20)12-5-7-14(21)8-6-12/h1-10,21H,11H2,(H2,18,22). The van der Waals surface area contributed by atoms with Crippen molar-refractivity contribution < 1.29 is 5.11 Å². The van der Waals surface area contributed by atoms with Crippen LogP contribution in [0.15, 0.2) is 60.9 Å². The van der Waals surface area contributed by atoms with Gasteiger partial charge < -0.3 is 15.4 Å². The largest absolute Gasteiger partial charge is 0.508 e. The summed E-state index contributed by atoms with van der Waals surface area (Å²) < 4.78 is 2.03. The normalized spacial score (nSPS) is 10.5. The van der Waals surface area contributed by atoms with Crippen molar-refractivity contribution >= 4 is 17.2 Å². The quantitative estimate of drug-likeness (QED) is 0.727. The number of hydrogen-bond donors (Lipinski definition) is 2. The first-order valence-electron chi connectivity index (χ1n) is 6.83. The van der Waals surface area contributed by atoms with Crippen molar-refractivity contribution in [1.29, 1.82) is 0 Å². The van der Waals surface area contributed by atoms with Gasteiger partial charge in [-0.05, 0) is 29.8 Å². The molecular weight excluding hydrogens is 294 g/mol. The number of benzene rings is 2. The van der Waals surface area contributed by atoms with Crippen LogP contribution >= 0.6 is 12.2 Å². The molecule has 0 aliphatic rings. The van der Waals surface area contributed by atoms with Gasteiger partial charge in [-0.1, -0.05) is 36.5 Å². The minimum Gasteiger partial charge on any atom is -0.508 e. The third-order valence-electron chi connectivity index (χ3n) is 3.46. The van der Waals surface area contributed by atoms with Crippen molar-refractivity contribution in [3.05, 3.63) is 72.1 Å². The minimum absolute atomic E-state index is 0.237. The Labute approximate surface area is 133 Å². The Hall–Kier alpha value is -2.66. The molecule has 1 heterocycles. The summed E-state index contributed by atoms with van der Waals surface area (Å²) in [6.07, 6.45) is 3.67. The summed E-state index contributed by atoms with van der Waals surface area (Å²) in [6.45, 7) is 0.629. The van der Waals surface area contributed by atoms with E-state index >= 15 is 0 Å². The number of aromatic hydroxyl groups is 1. The zero-order valence-electron chi connectivity index (χ0n) is 11.8. The number of imidazole rings is 1. The molecule has 0 unspecified atom stereocenters. The number of phenols is 1. The third kappa shape index (κ3) is 2.84. The van der Waals surface area contributed by atoms with Crippen molar-refractivity contribution in [2.75, 3.05) is 0 Å². The summed E-state index contributed by atoms with van der Waals surface area (Å²) in [5.41, 5.74) is 8.66. The highest BCUT2D eigenvalue weighted by atomic mass is 32.1. The lowest BCUT2D eigenvalue weighted by Crippen LogP contribution is -2.14. The summed E-state index contributed by atoms with van der Waals surface area (Å²) in [4.78, 5) is 4.79. The molecule has 0 saturated heterocycles. The van der Waals surface area contributed by atoms with Crippen LogP contribution in [-0.4, -0.2) is 19.6 Å². The molecule has 3 N–H and O–H groups in total. The number of hydrogen-bond acceptors (Lipinski definition) is 3. The fourth-order valence-corrected chi connectivity index (χ4v) is 2.59. The number of nitrogens with two attached hydrogens (primary N) is 1. The second-order valence-corrected chi connectivity index (χ2v) is 5.39. The summed E-state index contributed by atoms with van der Waals surface area (Å²) in [5, 5.41) is 9.40. The zero-order valence-corrected chi connectivity index (χ0v) is 12.6. The molecule has 0 spiro atoms. The van der Waals surface area contributed by atoms with E-state index < -0.39 is 0 Å². The number of rotatable bonds is 4. The molecule has 0 aliphatic carbocycles. The molecule has 3 rings (SSSR count).